The molecule has 8 heteroatoms. The molecule has 0 spiro atoms. The van der Waals surface area contributed by atoms with E-state index in [1.54, 1.807) is 29.2 Å². The number of hydrogen-bond donors (Lipinski definition) is 1. The van der Waals surface area contributed by atoms with Gasteiger partial charge in [-0.3, -0.25) is 9.59 Å². The van der Waals surface area contributed by atoms with Crippen molar-refractivity contribution in [2.45, 2.75) is 16.8 Å². The number of carbonyl (C=O) groups excluding carboxylic acids is 2. The van der Waals surface area contributed by atoms with E-state index in [1.807, 2.05) is 24.3 Å². The maximum atomic E-state index is 12.9. The number of para-hydroxylation sites is 1. The number of amides is 2. The zero-order chi connectivity index (χ0) is 22.0. The van der Waals surface area contributed by atoms with Crippen molar-refractivity contribution >= 4 is 35.0 Å². The molecule has 0 saturated heterocycles. The zero-order valence-electron chi connectivity index (χ0n) is 16.1. The lowest BCUT2D eigenvalue weighted by Crippen LogP contribution is -2.28. The Morgan fingerprint density at radius 2 is 1.58 bits per heavy atom. The highest BCUT2D eigenvalue weighted by molar-refractivity contribution is 8.00. The smallest absolute Gasteiger partial charge is 0.322 e. The second kappa shape index (κ2) is 8.47. The lowest BCUT2D eigenvalue weighted by molar-refractivity contribution is -0.0328. The van der Waals surface area contributed by atoms with E-state index in [2.05, 4.69) is 5.32 Å². The molecular weight excluding hydrogens is 425 g/mol. The first-order chi connectivity index (χ1) is 14.8. The van der Waals surface area contributed by atoms with Crippen LogP contribution in [0.5, 0.6) is 0 Å². The van der Waals surface area contributed by atoms with Gasteiger partial charge in [-0.1, -0.05) is 30.3 Å². The van der Waals surface area contributed by atoms with E-state index in [4.69, 9.17) is 0 Å². The van der Waals surface area contributed by atoms with Crippen molar-refractivity contribution in [2.75, 3.05) is 16.8 Å². The van der Waals surface area contributed by atoms with Gasteiger partial charge in [0.25, 0.3) is 11.8 Å². The first kappa shape index (κ1) is 21.0. The average Bonchev–Trinajstić information content (AvgIpc) is 3.17. The van der Waals surface area contributed by atoms with E-state index in [0.29, 0.717) is 17.8 Å². The van der Waals surface area contributed by atoms with Crippen LogP contribution in [-0.4, -0.2) is 23.9 Å². The molecule has 1 heterocycles. The minimum absolute atomic E-state index is 0.0707. The van der Waals surface area contributed by atoms with Crippen LogP contribution in [0.2, 0.25) is 0 Å². The summed E-state index contributed by atoms with van der Waals surface area (Å²) in [6, 6.07) is 19.6. The fourth-order valence-electron chi connectivity index (χ4n) is 3.47. The SMILES string of the molecule is O=C(Nc1ccc(C(=O)N2CCc3ccccc32)cc1)c1ccccc1SC(F)(F)F. The molecule has 0 aromatic heterocycles. The largest absolute Gasteiger partial charge is 0.446 e. The number of anilines is 2. The lowest BCUT2D eigenvalue weighted by Gasteiger charge is -2.17. The predicted octanol–water partition coefficient (Wildman–Crippen LogP) is 5.75. The molecule has 1 N–H and O–H groups in total. The summed E-state index contributed by atoms with van der Waals surface area (Å²) in [5, 5.41) is 2.59. The Hall–Kier alpha value is -3.26. The second-order valence-corrected chi connectivity index (χ2v) is 8.02. The van der Waals surface area contributed by atoms with Gasteiger partial charge in [0.15, 0.2) is 0 Å². The molecule has 3 aromatic rings. The molecule has 0 atom stereocenters. The Labute approximate surface area is 181 Å². The Kier molecular flexibility index (Phi) is 5.73. The van der Waals surface area contributed by atoms with Crippen molar-refractivity contribution in [3.05, 3.63) is 89.5 Å². The van der Waals surface area contributed by atoms with E-state index < -0.39 is 11.4 Å². The Balaban J connectivity index is 1.47. The van der Waals surface area contributed by atoms with Gasteiger partial charge in [0.05, 0.1) is 5.56 Å². The molecule has 0 saturated carbocycles. The molecule has 1 aliphatic heterocycles. The third-order valence-corrected chi connectivity index (χ3v) is 5.69. The van der Waals surface area contributed by atoms with Gasteiger partial charge in [0.2, 0.25) is 0 Å². The van der Waals surface area contributed by atoms with Gasteiger partial charge in [-0.15, -0.1) is 0 Å². The number of carbonyl (C=O) groups is 2. The third-order valence-electron chi connectivity index (χ3n) is 4.88. The van der Waals surface area contributed by atoms with Crippen molar-refractivity contribution < 1.29 is 22.8 Å². The van der Waals surface area contributed by atoms with Gasteiger partial charge < -0.3 is 10.2 Å². The minimum atomic E-state index is -4.49. The van der Waals surface area contributed by atoms with Gasteiger partial charge in [-0.25, -0.2) is 0 Å². The van der Waals surface area contributed by atoms with E-state index in [1.165, 1.54) is 24.3 Å². The van der Waals surface area contributed by atoms with Crippen LogP contribution < -0.4 is 10.2 Å². The molecule has 31 heavy (non-hydrogen) atoms. The van der Waals surface area contributed by atoms with Gasteiger partial charge >= 0.3 is 5.51 Å². The zero-order valence-corrected chi connectivity index (χ0v) is 17.0. The van der Waals surface area contributed by atoms with Crippen LogP contribution in [0.3, 0.4) is 0 Å². The predicted molar refractivity (Wildman–Crippen MR) is 115 cm³/mol. The summed E-state index contributed by atoms with van der Waals surface area (Å²) in [5.74, 6) is -0.797. The van der Waals surface area contributed by atoms with Crippen LogP contribution in [0, 0.1) is 0 Å². The van der Waals surface area contributed by atoms with Crippen LogP contribution in [0.15, 0.2) is 77.7 Å². The maximum absolute atomic E-state index is 12.9. The molecule has 0 aliphatic carbocycles. The van der Waals surface area contributed by atoms with E-state index in [-0.39, 0.29) is 28.1 Å². The summed E-state index contributed by atoms with van der Waals surface area (Å²) in [6.45, 7) is 0.602. The number of alkyl halides is 3. The monoisotopic (exact) mass is 442 g/mol. The van der Waals surface area contributed by atoms with Gasteiger partial charge in [-0.2, -0.15) is 13.2 Å². The molecule has 0 bridgehead atoms. The summed E-state index contributed by atoms with van der Waals surface area (Å²) in [4.78, 5) is 26.9. The van der Waals surface area contributed by atoms with Crippen LogP contribution in [-0.2, 0) is 6.42 Å². The summed E-state index contributed by atoms with van der Waals surface area (Å²) in [6.07, 6.45) is 0.797. The highest BCUT2D eigenvalue weighted by atomic mass is 32.2. The molecule has 1 aliphatic rings. The Morgan fingerprint density at radius 3 is 2.32 bits per heavy atom. The highest BCUT2D eigenvalue weighted by Gasteiger charge is 2.31. The summed E-state index contributed by atoms with van der Waals surface area (Å²) >= 11 is -0.330. The van der Waals surface area contributed by atoms with E-state index in [0.717, 1.165) is 17.7 Å². The highest BCUT2D eigenvalue weighted by Crippen LogP contribution is 2.38. The van der Waals surface area contributed by atoms with Crippen LogP contribution in [0.1, 0.15) is 26.3 Å². The van der Waals surface area contributed by atoms with Gasteiger partial charge in [0.1, 0.15) is 0 Å². The van der Waals surface area contributed by atoms with E-state index in [9.17, 15) is 22.8 Å². The van der Waals surface area contributed by atoms with E-state index >= 15 is 0 Å². The third kappa shape index (κ3) is 4.74. The second-order valence-electron chi connectivity index (χ2n) is 6.91. The summed E-state index contributed by atoms with van der Waals surface area (Å²) in [5.41, 5.74) is -1.71. The molecule has 0 unspecified atom stereocenters. The molecule has 3 aromatic carbocycles. The first-order valence-electron chi connectivity index (χ1n) is 9.48. The molecule has 0 radical (unpaired) electrons. The lowest BCUT2D eigenvalue weighted by atomic mass is 10.1. The normalized spacial score (nSPS) is 13.1. The van der Waals surface area contributed by atoms with Gasteiger partial charge in [-0.05, 0) is 66.2 Å². The quantitative estimate of drug-likeness (QED) is 0.523. The van der Waals surface area contributed by atoms with Crippen LogP contribution in [0.25, 0.3) is 0 Å². The number of hydrogen-bond acceptors (Lipinski definition) is 3. The average molecular weight is 442 g/mol. The molecular formula is C23H17F3N2O2S. The number of halogens is 3. The number of fused-ring (bicyclic) bond motifs is 1. The van der Waals surface area contributed by atoms with Crippen LogP contribution >= 0.6 is 11.8 Å². The van der Waals surface area contributed by atoms with Crippen molar-refractivity contribution in [3.63, 3.8) is 0 Å². The van der Waals surface area contributed by atoms with Crippen LogP contribution in [0.4, 0.5) is 24.5 Å². The minimum Gasteiger partial charge on any atom is -0.322 e. The number of thioether (sulfide) groups is 1. The number of benzene rings is 3. The number of nitrogens with one attached hydrogen (secondary N) is 1. The molecule has 2 amide bonds. The molecule has 158 valence electrons. The molecule has 4 rings (SSSR count). The van der Waals surface area contributed by atoms with Crippen molar-refractivity contribution in [3.8, 4) is 0 Å². The Bertz CT molecular complexity index is 1130. The number of nitrogens with zero attached hydrogens (tertiary/aromatic N) is 1. The Morgan fingerprint density at radius 1 is 0.903 bits per heavy atom. The van der Waals surface area contributed by atoms with Crippen molar-refractivity contribution in [1.29, 1.82) is 0 Å². The molecule has 4 nitrogen and oxygen atoms in total. The maximum Gasteiger partial charge on any atom is 0.446 e. The summed E-state index contributed by atoms with van der Waals surface area (Å²) < 4.78 is 38.2. The molecule has 0 fully saturated rings. The number of rotatable bonds is 4. The van der Waals surface area contributed by atoms with Crippen molar-refractivity contribution in [2.24, 2.45) is 0 Å². The van der Waals surface area contributed by atoms with Gasteiger partial charge in [0, 0.05) is 28.4 Å². The fourth-order valence-corrected chi connectivity index (χ4v) is 4.13. The fraction of sp³-hybridized carbons (Fsp3) is 0.130. The topological polar surface area (TPSA) is 49.4 Å². The standard InChI is InChI=1S/C23H17F3N2O2S/c24-23(25,26)31-20-8-4-2-6-18(20)21(29)27-17-11-9-16(10-12-17)22(30)28-14-13-15-5-1-3-7-19(15)28/h1-12H,13-14H2,(H,27,29). The van der Waals surface area contributed by atoms with Crippen molar-refractivity contribution in [1.82, 2.24) is 0 Å². The first-order valence-corrected chi connectivity index (χ1v) is 10.3. The summed E-state index contributed by atoms with van der Waals surface area (Å²) in [7, 11) is 0.